The van der Waals surface area contributed by atoms with Gasteiger partial charge in [0.25, 0.3) is 0 Å². The van der Waals surface area contributed by atoms with Crippen LogP contribution in [0.15, 0.2) is 0 Å². The van der Waals surface area contributed by atoms with Gasteiger partial charge >= 0.3 is 0 Å². The Morgan fingerprint density at radius 2 is 1.10 bits per heavy atom. The third-order valence-corrected chi connectivity index (χ3v) is 5.06. The topological polar surface area (TPSA) is 49.5 Å². The predicted octanol–water partition coefficient (Wildman–Crippen LogP) is 12.1. The summed E-state index contributed by atoms with van der Waals surface area (Å²) < 4.78 is 24.6. The molecule has 0 aromatic carbocycles. The van der Waals surface area contributed by atoms with E-state index in [-0.39, 0.29) is 70.4 Å². The molecule has 0 spiro atoms. The summed E-state index contributed by atoms with van der Waals surface area (Å²) in [5, 5.41) is 0. The Balaban J connectivity index is -0.0000000225. The van der Waals surface area contributed by atoms with E-state index in [9.17, 15) is 0 Å². The lowest BCUT2D eigenvalue weighted by Crippen LogP contribution is -2.38. The average Bonchev–Trinajstić information content (AvgIpc) is 3.53. The highest BCUT2D eigenvalue weighted by Gasteiger charge is 2.32. The second-order valence-electron chi connectivity index (χ2n) is 9.62. The lowest BCUT2D eigenvalue weighted by Gasteiger charge is -2.37. The first-order chi connectivity index (χ1) is 14.2. The van der Waals surface area contributed by atoms with Crippen LogP contribution in [-0.4, -0.2) is 66.1 Å². The van der Waals surface area contributed by atoms with E-state index in [2.05, 4.69) is 76.2 Å². The summed E-state index contributed by atoms with van der Waals surface area (Å²) in [7, 11) is 6.92. The van der Waals surface area contributed by atoms with Crippen molar-refractivity contribution in [2.75, 3.05) is 48.3 Å². The van der Waals surface area contributed by atoms with E-state index in [4.69, 9.17) is 23.7 Å². The largest absolute Gasteiger partial charge is 0.385 e. The van der Waals surface area contributed by atoms with Gasteiger partial charge in [0.05, 0.1) is 24.4 Å². The van der Waals surface area contributed by atoms with Gasteiger partial charge in [0, 0.05) is 41.7 Å². The highest BCUT2D eigenvalue weighted by molar-refractivity contribution is 4.82. The maximum Gasteiger partial charge on any atom is 0.0807 e. The molecule has 1 heterocycles. The molecule has 258 valence electrons. The molecule has 0 aliphatic carbocycles. The van der Waals surface area contributed by atoms with E-state index in [1.54, 1.807) is 28.4 Å². The number of hydrogen-bond acceptors (Lipinski definition) is 5. The monoisotopic (exact) mass is 581 g/mol. The Labute approximate surface area is 255 Å². The Hall–Kier alpha value is -0.200. The van der Waals surface area contributed by atoms with E-state index in [0.717, 1.165) is 32.7 Å². The van der Waals surface area contributed by atoms with Gasteiger partial charge in [-0.1, -0.05) is 115 Å². The smallest absolute Gasteiger partial charge is 0.0807 e. The summed E-state index contributed by atoms with van der Waals surface area (Å²) in [4.78, 5) is 0. The van der Waals surface area contributed by atoms with Crippen LogP contribution in [0.2, 0.25) is 0 Å². The molecule has 1 aliphatic heterocycles. The van der Waals surface area contributed by atoms with Crippen molar-refractivity contribution in [2.24, 2.45) is 11.3 Å². The van der Waals surface area contributed by atoms with Gasteiger partial charge in [-0.2, -0.15) is 0 Å². The number of ether oxygens (including phenoxy) is 5. The first-order valence-electron chi connectivity index (χ1n) is 11.9. The van der Waals surface area contributed by atoms with Gasteiger partial charge in [-0.05, 0) is 51.4 Å². The quantitative estimate of drug-likeness (QED) is 0.267. The Morgan fingerprint density at radius 3 is 1.10 bits per heavy atom. The van der Waals surface area contributed by atoms with Crippen LogP contribution in [0, 0.1) is 11.3 Å². The third kappa shape index (κ3) is 72.8. The Bertz CT molecular complexity index is 316. The van der Waals surface area contributed by atoms with E-state index >= 15 is 0 Å². The van der Waals surface area contributed by atoms with E-state index in [1.165, 1.54) is 6.42 Å². The predicted molar refractivity (Wildman–Crippen MR) is 190 cm³/mol. The van der Waals surface area contributed by atoms with Crippen molar-refractivity contribution >= 4 is 0 Å². The minimum Gasteiger partial charge on any atom is -0.385 e. The fraction of sp³-hybridized carbons (Fsp3) is 1.00. The van der Waals surface area contributed by atoms with E-state index in [1.807, 2.05) is 0 Å². The van der Waals surface area contributed by atoms with Gasteiger partial charge in [0.15, 0.2) is 0 Å². The molecule has 5 nitrogen and oxygen atoms in total. The normalized spacial score (nSPS) is 12.5. The second-order valence-corrected chi connectivity index (χ2v) is 9.62. The van der Waals surface area contributed by atoms with Crippen LogP contribution < -0.4 is 0 Å². The minimum absolute atomic E-state index is 0. The standard InChI is InChI=1S/C8H18O.2C5H12O.C4H8O.C4H10O.8CH4/c1-7(2,3)8(4,5)9-6;1-5(2)4-6-3;1-4-5(2)6-3;1-2-4-3-5-4;1-3-4-5-2;;;;;;;;/h1-6H3;2*5H,4H2,1-3H3;4H,2-3H2,1H3;3-4H2,1-2H3;8*1H4. The summed E-state index contributed by atoms with van der Waals surface area (Å²) in [6.07, 6.45) is 4.49. The van der Waals surface area contributed by atoms with Gasteiger partial charge < -0.3 is 23.7 Å². The van der Waals surface area contributed by atoms with Crippen LogP contribution in [0.4, 0.5) is 0 Å². The van der Waals surface area contributed by atoms with Gasteiger partial charge in [0.2, 0.25) is 0 Å². The van der Waals surface area contributed by atoms with Crippen LogP contribution in [0.1, 0.15) is 155 Å². The molecule has 0 aromatic heterocycles. The molecule has 2 unspecified atom stereocenters. The van der Waals surface area contributed by atoms with Crippen molar-refractivity contribution in [1.29, 1.82) is 0 Å². The number of rotatable bonds is 8. The lowest BCUT2D eigenvalue weighted by molar-refractivity contribution is -0.0620. The maximum atomic E-state index is 5.30. The lowest BCUT2D eigenvalue weighted by atomic mass is 9.79. The summed E-state index contributed by atoms with van der Waals surface area (Å²) in [5.41, 5.74) is 0.203. The summed E-state index contributed by atoms with van der Waals surface area (Å²) in [5.74, 6) is 0.676. The van der Waals surface area contributed by atoms with E-state index < -0.39 is 0 Å². The molecular formula is C34H92O5. The number of hydrogen-bond donors (Lipinski definition) is 0. The highest BCUT2D eigenvalue weighted by Crippen LogP contribution is 2.31. The van der Waals surface area contributed by atoms with Gasteiger partial charge in [-0.25, -0.2) is 0 Å². The highest BCUT2D eigenvalue weighted by atomic mass is 16.6. The minimum atomic E-state index is -0.0208. The van der Waals surface area contributed by atoms with Gasteiger partial charge in [-0.15, -0.1) is 0 Å². The fourth-order valence-electron chi connectivity index (χ4n) is 1.31. The van der Waals surface area contributed by atoms with E-state index in [0.29, 0.717) is 18.1 Å². The molecule has 5 heteroatoms. The first kappa shape index (κ1) is 77.2. The van der Waals surface area contributed by atoms with Crippen molar-refractivity contribution in [3.63, 3.8) is 0 Å². The van der Waals surface area contributed by atoms with Crippen molar-refractivity contribution in [1.82, 2.24) is 0 Å². The molecule has 1 saturated heterocycles. The number of epoxide rings is 1. The SMILES string of the molecule is C.C.C.C.C.C.C.C.CCC(C)OC.CCC1CO1.CCCOC.COC(C)(C)C(C)(C)C.COCC(C)C. The average molecular weight is 581 g/mol. The van der Waals surface area contributed by atoms with Crippen molar-refractivity contribution in [2.45, 2.75) is 173 Å². The molecule has 39 heavy (non-hydrogen) atoms. The maximum absolute atomic E-state index is 5.30. The van der Waals surface area contributed by atoms with Gasteiger partial charge in [0.1, 0.15) is 0 Å². The summed E-state index contributed by atoms with van der Waals surface area (Å²) >= 11 is 0. The molecule has 0 aromatic rings. The molecule has 0 radical (unpaired) electrons. The van der Waals surface area contributed by atoms with Crippen LogP contribution in [-0.2, 0) is 23.7 Å². The third-order valence-electron chi connectivity index (χ3n) is 5.06. The summed E-state index contributed by atoms with van der Waals surface area (Å²) in [6, 6.07) is 0. The van der Waals surface area contributed by atoms with Crippen LogP contribution >= 0.6 is 0 Å². The molecule has 0 N–H and O–H groups in total. The summed E-state index contributed by atoms with van der Waals surface area (Å²) in [6.45, 7) is 26.2. The fourth-order valence-corrected chi connectivity index (χ4v) is 1.31. The molecule has 0 saturated carbocycles. The van der Waals surface area contributed by atoms with Crippen LogP contribution in [0.25, 0.3) is 0 Å². The zero-order valence-electron chi connectivity index (χ0n) is 24.0. The zero-order valence-corrected chi connectivity index (χ0v) is 24.0. The van der Waals surface area contributed by atoms with Crippen molar-refractivity contribution < 1.29 is 23.7 Å². The molecule has 2 atom stereocenters. The molecule has 1 fully saturated rings. The Kier molecular flexibility index (Phi) is 100. The Morgan fingerprint density at radius 1 is 0.718 bits per heavy atom. The molecule has 1 rings (SSSR count). The first-order valence-corrected chi connectivity index (χ1v) is 11.9. The van der Waals surface area contributed by atoms with Crippen LogP contribution in [0.3, 0.4) is 0 Å². The molecule has 1 aliphatic rings. The molecule has 0 amide bonds. The van der Waals surface area contributed by atoms with Crippen LogP contribution in [0.5, 0.6) is 0 Å². The zero-order chi connectivity index (χ0) is 25.5. The van der Waals surface area contributed by atoms with Crippen molar-refractivity contribution in [3.05, 3.63) is 0 Å². The van der Waals surface area contributed by atoms with Crippen molar-refractivity contribution in [3.8, 4) is 0 Å². The van der Waals surface area contributed by atoms with Gasteiger partial charge in [-0.3, -0.25) is 0 Å². The number of methoxy groups -OCH3 is 4. The second kappa shape index (κ2) is 50.6. The molecule has 0 bridgehead atoms. The molecular weight excluding hydrogens is 488 g/mol.